The molecule has 0 bridgehead atoms. The minimum Gasteiger partial charge on any atom is -0.478 e. The van der Waals surface area contributed by atoms with Gasteiger partial charge in [-0.25, -0.2) is 13.2 Å². The Balaban J connectivity index is 1.86. The summed E-state index contributed by atoms with van der Waals surface area (Å²) in [5, 5.41) is 11.4. The van der Waals surface area contributed by atoms with Gasteiger partial charge in [0.15, 0.2) is 9.84 Å². The summed E-state index contributed by atoms with van der Waals surface area (Å²) in [5.74, 6) is -2.90. The van der Waals surface area contributed by atoms with Crippen LogP contribution in [0.5, 0.6) is 0 Å². The topological polar surface area (TPSA) is 126 Å². The van der Waals surface area contributed by atoms with Crippen LogP contribution >= 0.6 is 11.7 Å². The Kier molecular flexibility index (Phi) is 4.47. The lowest BCUT2D eigenvalue weighted by molar-refractivity contribution is -0.113. The van der Waals surface area contributed by atoms with E-state index in [4.69, 9.17) is 5.11 Å². The van der Waals surface area contributed by atoms with Gasteiger partial charge in [0.25, 0.3) is 0 Å². The molecule has 3 rings (SSSR count). The molecule has 0 aliphatic carbocycles. The van der Waals surface area contributed by atoms with Crippen molar-refractivity contribution in [3.8, 4) is 0 Å². The maximum atomic E-state index is 12.5. The van der Waals surface area contributed by atoms with Crippen LogP contribution in [0, 0.1) is 0 Å². The van der Waals surface area contributed by atoms with Gasteiger partial charge >= 0.3 is 5.97 Å². The Morgan fingerprint density at radius 3 is 2.60 bits per heavy atom. The maximum absolute atomic E-state index is 12.5. The van der Waals surface area contributed by atoms with Crippen molar-refractivity contribution in [2.45, 2.75) is 4.90 Å². The smallest absolute Gasteiger partial charge is 0.337 e. The molecule has 0 aliphatic heterocycles. The highest BCUT2D eigenvalue weighted by Gasteiger charge is 2.24. The van der Waals surface area contributed by atoms with E-state index in [1.165, 1.54) is 36.4 Å². The minimum absolute atomic E-state index is 0.0312. The number of carboxylic acid groups (broad SMARTS) is 1. The number of rotatable bonds is 5. The summed E-state index contributed by atoms with van der Waals surface area (Å²) in [5.41, 5.74) is 0.553. The fourth-order valence-electron chi connectivity index (χ4n) is 2.25. The third kappa shape index (κ3) is 3.49. The fraction of sp³-hybridized carbons (Fsp3) is 0.0667. The summed E-state index contributed by atoms with van der Waals surface area (Å²) in [6, 6.07) is 10.3. The summed E-state index contributed by atoms with van der Waals surface area (Å²) >= 11 is 0.880. The molecule has 8 nitrogen and oxygen atoms in total. The number of anilines is 1. The molecule has 0 spiro atoms. The van der Waals surface area contributed by atoms with Crippen LogP contribution in [0.25, 0.3) is 11.0 Å². The van der Waals surface area contributed by atoms with Crippen molar-refractivity contribution in [1.29, 1.82) is 0 Å². The lowest BCUT2D eigenvalue weighted by atomic mass is 10.2. The third-order valence-electron chi connectivity index (χ3n) is 3.34. The number of sulfone groups is 1. The molecule has 3 aromatic rings. The van der Waals surface area contributed by atoms with Crippen molar-refractivity contribution in [2.75, 3.05) is 11.1 Å². The van der Waals surface area contributed by atoms with Crippen molar-refractivity contribution in [3.05, 3.63) is 48.0 Å². The Morgan fingerprint density at radius 2 is 1.84 bits per heavy atom. The Morgan fingerprint density at radius 1 is 1.08 bits per heavy atom. The van der Waals surface area contributed by atoms with E-state index in [-0.39, 0.29) is 21.7 Å². The van der Waals surface area contributed by atoms with Crippen LogP contribution in [0.2, 0.25) is 0 Å². The molecule has 0 saturated heterocycles. The molecule has 1 aromatic heterocycles. The highest BCUT2D eigenvalue weighted by atomic mass is 32.2. The number of aromatic nitrogens is 2. The van der Waals surface area contributed by atoms with Crippen molar-refractivity contribution >= 4 is 50.2 Å². The number of benzene rings is 2. The number of hydrogen-bond donors (Lipinski definition) is 2. The summed E-state index contributed by atoms with van der Waals surface area (Å²) in [6.07, 6.45) is 0. The Hall–Kier alpha value is -2.85. The van der Waals surface area contributed by atoms with Gasteiger partial charge < -0.3 is 10.4 Å². The molecular weight excluding hydrogens is 366 g/mol. The highest BCUT2D eigenvalue weighted by Crippen LogP contribution is 2.22. The fourth-order valence-corrected chi connectivity index (χ4v) is 4.16. The molecule has 10 heteroatoms. The molecule has 1 heterocycles. The molecule has 0 saturated carbocycles. The zero-order valence-electron chi connectivity index (χ0n) is 12.5. The second-order valence-corrected chi connectivity index (χ2v) is 7.53. The first-order valence-electron chi connectivity index (χ1n) is 6.95. The molecular formula is C15H11N3O5S2. The first-order valence-corrected chi connectivity index (χ1v) is 9.33. The lowest BCUT2D eigenvalue weighted by Crippen LogP contribution is -2.24. The van der Waals surface area contributed by atoms with E-state index in [9.17, 15) is 18.0 Å². The van der Waals surface area contributed by atoms with Gasteiger partial charge in [-0.2, -0.15) is 8.75 Å². The largest absolute Gasteiger partial charge is 0.478 e. The molecule has 0 radical (unpaired) electrons. The van der Waals surface area contributed by atoms with Gasteiger partial charge in [0.1, 0.15) is 16.8 Å². The van der Waals surface area contributed by atoms with Crippen molar-refractivity contribution in [1.82, 2.24) is 8.75 Å². The zero-order valence-corrected chi connectivity index (χ0v) is 14.2. The summed E-state index contributed by atoms with van der Waals surface area (Å²) in [6.45, 7) is 0. The van der Waals surface area contributed by atoms with E-state index in [1.807, 2.05) is 0 Å². The first kappa shape index (κ1) is 17.0. The number of para-hydroxylation sites is 1. The van der Waals surface area contributed by atoms with Crippen LogP contribution < -0.4 is 5.32 Å². The summed E-state index contributed by atoms with van der Waals surface area (Å²) in [4.78, 5) is 23.2. The summed E-state index contributed by atoms with van der Waals surface area (Å²) in [7, 11) is -3.96. The van der Waals surface area contributed by atoms with Gasteiger partial charge in [-0.1, -0.05) is 18.2 Å². The average Bonchev–Trinajstić information content (AvgIpc) is 3.02. The van der Waals surface area contributed by atoms with E-state index in [1.54, 1.807) is 6.07 Å². The first-order chi connectivity index (χ1) is 11.9. The van der Waals surface area contributed by atoms with Gasteiger partial charge in [-0.05, 0) is 24.3 Å². The number of nitrogens with one attached hydrogen (secondary N) is 1. The van der Waals surface area contributed by atoms with E-state index >= 15 is 0 Å². The van der Waals surface area contributed by atoms with Crippen molar-refractivity contribution in [2.24, 2.45) is 0 Å². The number of fused-ring (bicyclic) bond motifs is 1. The average molecular weight is 377 g/mol. The van der Waals surface area contributed by atoms with Gasteiger partial charge in [0.05, 0.1) is 27.9 Å². The van der Waals surface area contributed by atoms with Crippen LogP contribution in [0.3, 0.4) is 0 Å². The standard InChI is InChI=1S/C15H11N3O5S2/c19-13(16-10-5-2-1-4-9(10)15(20)21)8-25(22,23)12-7-3-6-11-14(12)18-24-17-11/h1-7H,8H2,(H,16,19)(H,20,21). The monoisotopic (exact) mass is 377 g/mol. The van der Waals surface area contributed by atoms with Crippen molar-refractivity contribution in [3.63, 3.8) is 0 Å². The third-order valence-corrected chi connectivity index (χ3v) is 5.52. The predicted octanol–water partition coefficient (Wildman–Crippen LogP) is 1.80. The molecule has 128 valence electrons. The van der Waals surface area contributed by atoms with E-state index < -0.39 is 27.5 Å². The van der Waals surface area contributed by atoms with Crippen LogP contribution in [0.4, 0.5) is 5.69 Å². The molecule has 0 fully saturated rings. The number of aromatic carboxylic acids is 1. The molecule has 0 atom stereocenters. The lowest BCUT2D eigenvalue weighted by Gasteiger charge is -2.09. The molecule has 1 amide bonds. The molecule has 0 unspecified atom stereocenters. The minimum atomic E-state index is -3.96. The van der Waals surface area contributed by atoms with E-state index in [2.05, 4.69) is 14.1 Å². The van der Waals surface area contributed by atoms with Gasteiger partial charge in [0.2, 0.25) is 5.91 Å². The number of carbonyl (C=O) groups excluding carboxylic acids is 1. The number of carbonyl (C=O) groups is 2. The summed E-state index contributed by atoms with van der Waals surface area (Å²) < 4.78 is 33.0. The SMILES string of the molecule is O=C(CS(=O)(=O)c1cccc2nsnc12)Nc1ccccc1C(=O)O. The second-order valence-electron chi connectivity index (χ2n) is 5.05. The van der Waals surface area contributed by atoms with Crippen LogP contribution in [-0.2, 0) is 14.6 Å². The van der Waals surface area contributed by atoms with Gasteiger partial charge in [0, 0.05) is 0 Å². The zero-order chi connectivity index (χ0) is 18.0. The van der Waals surface area contributed by atoms with E-state index in [0.717, 1.165) is 11.7 Å². The molecule has 0 aliphatic rings. The van der Waals surface area contributed by atoms with E-state index in [0.29, 0.717) is 5.52 Å². The van der Waals surface area contributed by atoms with Crippen LogP contribution in [0.1, 0.15) is 10.4 Å². The molecule has 2 N–H and O–H groups in total. The second kappa shape index (κ2) is 6.57. The number of hydrogen-bond acceptors (Lipinski definition) is 7. The van der Waals surface area contributed by atoms with Gasteiger partial charge in [-0.15, -0.1) is 0 Å². The Bertz CT molecular complexity index is 1080. The molecule has 2 aromatic carbocycles. The van der Waals surface area contributed by atoms with Crippen LogP contribution in [-0.4, -0.2) is 39.9 Å². The Labute approximate surface area is 146 Å². The number of amides is 1. The molecule has 25 heavy (non-hydrogen) atoms. The quantitative estimate of drug-likeness (QED) is 0.694. The maximum Gasteiger partial charge on any atom is 0.337 e. The highest BCUT2D eigenvalue weighted by molar-refractivity contribution is 7.92. The van der Waals surface area contributed by atoms with Gasteiger partial charge in [-0.3, -0.25) is 4.79 Å². The predicted molar refractivity (Wildman–Crippen MR) is 91.5 cm³/mol. The van der Waals surface area contributed by atoms with Crippen LogP contribution in [0.15, 0.2) is 47.4 Å². The van der Waals surface area contributed by atoms with Crippen molar-refractivity contribution < 1.29 is 23.1 Å². The number of nitrogens with zero attached hydrogens (tertiary/aromatic N) is 2. The number of carboxylic acids is 1. The normalized spacial score (nSPS) is 11.4.